The molecular weight excluding hydrogens is 272 g/mol. The van der Waals surface area contributed by atoms with Crippen LogP contribution in [-0.4, -0.2) is 22.4 Å². The molecule has 3 aliphatic rings. The number of rotatable bonds is 2. The van der Waals surface area contributed by atoms with Crippen LogP contribution in [0.5, 0.6) is 0 Å². The lowest BCUT2D eigenvalue weighted by atomic mass is 10.1. The molecule has 2 saturated carbocycles. The number of hydrogen-bond donors (Lipinski definition) is 1. The first-order valence-electron chi connectivity index (χ1n) is 7.29. The van der Waals surface area contributed by atoms with Crippen LogP contribution in [0.25, 0.3) is 0 Å². The van der Waals surface area contributed by atoms with Crippen molar-refractivity contribution in [1.82, 2.24) is 10.2 Å². The van der Waals surface area contributed by atoms with Gasteiger partial charge in [-0.25, -0.2) is 0 Å². The highest BCUT2D eigenvalue weighted by molar-refractivity contribution is 6.30. The van der Waals surface area contributed by atoms with Gasteiger partial charge in [0.15, 0.2) is 0 Å². The Hall–Kier alpha value is -1.06. The molecule has 0 radical (unpaired) electrons. The van der Waals surface area contributed by atoms with E-state index in [1.54, 1.807) is 0 Å². The van der Waals surface area contributed by atoms with Crippen LogP contribution in [0.2, 0.25) is 5.02 Å². The maximum Gasteiger partial charge on any atom is 0.244 e. The van der Waals surface area contributed by atoms with Crippen molar-refractivity contribution < 1.29 is 4.79 Å². The van der Waals surface area contributed by atoms with E-state index in [1.165, 1.54) is 0 Å². The quantitative estimate of drug-likeness (QED) is 0.908. The van der Waals surface area contributed by atoms with Gasteiger partial charge in [0.2, 0.25) is 5.91 Å². The first-order valence-corrected chi connectivity index (χ1v) is 7.67. The maximum absolute atomic E-state index is 12.8. The number of nitrogens with zero attached hydrogens (tertiary/aromatic N) is 1. The Balaban J connectivity index is 1.72. The van der Waals surface area contributed by atoms with Crippen molar-refractivity contribution in [3.8, 4) is 0 Å². The Morgan fingerprint density at radius 2 is 2.05 bits per heavy atom. The Kier molecular flexibility index (Phi) is 2.39. The van der Waals surface area contributed by atoms with Crippen LogP contribution in [0.4, 0.5) is 0 Å². The normalized spacial score (nSPS) is 32.8. The monoisotopic (exact) mass is 290 g/mol. The van der Waals surface area contributed by atoms with E-state index in [9.17, 15) is 4.79 Å². The van der Waals surface area contributed by atoms with Gasteiger partial charge in [-0.3, -0.25) is 10.1 Å². The number of amides is 1. The number of hydrogen-bond acceptors (Lipinski definition) is 2. The zero-order valence-corrected chi connectivity index (χ0v) is 12.6. The summed E-state index contributed by atoms with van der Waals surface area (Å²) >= 11 is 6.11. The Bertz CT molecular complexity index is 594. The number of carbonyl (C=O) groups is 1. The Labute approximate surface area is 124 Å². The minimum absolute atomic E-state index is 0.0181. The third-order valence-corrected chi connectivity index (χ3v) is 5.28. The van der Waals surface area contributed by atoms with E-state index in [0.717, 1.165) is 29.8 Å². The highest BCUT2D eigenvalue weighted by Gasteiger charge is 2.65. The van der Waals surface area contributed by atoms with E-state index >= 15 is 0 Å². The first-order chi connectivity index (χ1) is 9.43. The lowest BCUT2D eigenvalue weighted by Gasteiger charge is -2.26. The SMILES string of the molecule is CC1(C)CC1N1C(=O)C2(CC2)NC1c1cccc(Cl)c1. The summed E-state index contributed by atoms with van der Waals surface area (Å²) in [6, 6.07) is 8.21. The minimum Gasteiger partial charge on any atom is -0.318 e. The standard InChI is InChI=1S/C16H19ClN2O/c1-15(2)9-12(15)19-13(10-4-3-5-11(17)8-10)18-16(6-7-16)14(19)20/h3-5,8,12-13,18H,6-7,9H2,1-2H3. The third kappa shape index (κ3) is 1.73. The smallest absolute Gasteiger partial charge is 0.244 e. The fraction of sp³-hybridized carbons (Fsp3) is 0.562. The molecule has 1 amide bonds. The summed E-state index contributed by atoms with van der Waals surface area (Å²) in [4.78, 5) is 14.8. The fourth-order valence-electron chi connectivity index (χ4n) is 3.40. The van der Waals surface area contributed by atoms with Gasteiger partial charge in [-0.2, -0.15) is 0 Å². The van der Waals surface area contributed by atoms with Gasteiger partial charge in [0, 0.05) is 11.1 Å². The van der Waals surface area contributed by atoms with Crippen molar-refractivity contribution in [3.63, 3.8) is 0 Å². The molecule has 1 spiro atoms. The molecule has 3 nitrogen and oxygen atoms in total. The molecule has 2 atom stereocenters. The molecule has 0 aromatic heterocycles. The van der Waals surface area contributed by atoms with Crippen molar-refractivity contribution >= 4 is 17.5 Å². The summed E-state index contributed by atoms with van der Waals surface area (Å²) in [6.45, 7) is 4.47. The molecule has 1 saturated heterocycles. The average molecular weight is 291 g/mol. The van der Waals surface area contributed by atoms with Gasteiger partial charge < -0.3 is 4.90 Å². The lowest BCUT2D eigenvalue weighted by molar-refractivity contribution is -0.131. The zero-order valence-electron chi connectivity index (χ0n) is 11.8. The average Bonchev–Trinajstić information content (AvgIpc) is 3.25. The molecule has 2 aliphatic carbocycles. The van der Waals surface area contributed by atoms with E-state index in [-0.39, 0.29) is 23.0 Å². The second-order valence-electron chi connectivity index (χ2n) is 7.10. The Morgan fingerprint density at radius 3 is 2.60 bits per heavy atom. The molecule has 1 aromatic rings. The van der Waals surface area contributed by atoms with Crippen molar-refractivity contribution in [1.29, 1.82) is 0 Å². The molecule has 0 bridgehead atoms. The van der Waals surface area contributed by atoms with Gasteiger partial charge in [-0.05, 0) is 42.4 Å². The number of nitrogens with one attached hydrogen (secondary N) is 1. The van der Waals surface area contributed by atoms with Crippen molar-refractivity contribution in [3.05, 3.63) is 34.9 Å². The molecule has 1 N–H and O–H groups in total. The van der Waals surface area contributed by atoms with Gasteiger partial charge in [-0.1, -0.05) is 37.6 Å². The summed E-state index contributed by atoms with van der Waals surface area (Å²) in [6.07, 6.45) is 3.00. The van der Waals surface area contributed by atoms with Crippen LogP contribution in [0.1, 0.15) is 44.8 Å². The largest absolute Gasteiger partial charge is 0.318 e. The van der Waals surface area contributed by atoms with Gasteiger partial charge >= 0.3 is 0 Å². The molecule has 20 heavy (non-hydrogen) atoms. The van der Waals surface area contributed by atoms with Crippen LogP contribution in [0.15, 0.2) is 24.3 Å². The molecule has 106 valence electrons. The van der Waals surface area contributed by atoms with E-state index in [4.69, 9.17) is 11.6 Å². The van der Waals surface area contributed by atoms with E-state index in [2.05, 4.69) is 30.1 Å². The van der Waals surface area contributed by atoms with E-state index in [0.29, 0.717) is 6.04 Å². The summed E-state index contributed by atoms with van der Waals surface area (Å²) in [5.41, 5.74) is 1.07. The molecule has 1 heterocycles. The first kappa shape index (κ1) is 12.7. The van der Waals surface area contributed by atoms with Crippen molar-refractivity contribution in [2.24, 2.45) is 5.41 Å². The third-order valence-electron chi connectivity index (χ3n) is 5.05. The zero-order chi connectivity index (χ0) is 14.1. The maximum atomic E-state index is 12.8. The lowest BCUT2D eigenvalue weighted by Crippen LogP contribution is -2.35. The van der Waals surface area contributed by atoms with Gasteiger partial charge in [0.1, 0.15) is 11.7 Å². The van der Waals surface area contributed by atoms with Gasteiger partial charge in [0.25, 0.3) is 0 Å². The summed E-state index contributed by atoms with van der Waals surface area (Å²) in [7, 11) is 0. The highest BCUT2D eigenvalue weighted by atomic mass is 35.5. The van der Waals surface area contributed by atoms with Crippen LogP contribution >= 0.6 is 11.6 Å². The molecule has 1 aromatic carbocycles. The molecule has 4 heteroatoms. The second-order valence-corrected chi connectivity index (χ2v) is 7.54. The van der Waals surface area contributed by atoms with Crippen LogP contribution in [-0.2, 0) is 4.79 Å². The van der Waals surface area contributed by atoms with Gasteiger partial charge in [-0.15, -0.1) is 0 Å². The van der Waals surface area contributed by atoms with Crippen LogP contribution in [0.3, 0.4) is 0 Å². The second kappa shape index (κ2) is 3.77. The minimum atomic E-state index is -0.272. The van der Waals surface area contributed by atoms with Crippen molar-refractivity contribution in [2.75, 3.05) is 0 Å². The Morgan fingerprint density at radius 1 is 1.35 bits per heavy atom. The predicted octanol–water partition coefficient (Wildman–Crippen LogP) is 3.10. The van der Waals surface area contributed by atoms with E-state index < -0.39 is 0 Å². The molecular formula is C16H19ClN2O. The topological polar surface area (TPSA) is 32.3 Å². The molecule has 4 rings (SSSR count). The number of carbonyl (C=O) groups excluding carboxylic acids is 1. The highest BCUT2D eigenvalue weighted by Crippen LogP contribution is 2.56. The van der Waals surface area contributed by atoms with E-state index in [1.807, 2.05) is 18.2 Å². The van der Waals surface area contributed by atoms with Gasteiger partial charge in [0.05, 0.1) is 0 Å². The van der Waals surface area contributed by atoms with Crippen molar-refractivity contribution in [2.45, 2.75) is 50.9 Å². The predicted molar refractivity (Wildman–Crippen MR) is 78.3 cm³/mol. The molecule has 2 unspecified atom stereocenters. The molecule has 3 fully saturated rings. The number of halogens is 1. The summed E-state index contributed by atoms with van der Waals surface area (Å²) in [5.74, 6) is 0.290. The van der Waals surface area contributed by atoms with Crippen LogP contribution in [0, 0.1) is 5.41 Å². The van der Waals surface area contributed by atoms with Crippen LogP contribution < -0.4 is 5.32 Å². The fourth-order valence-corrected chi connectivity index (χ4v) is 3.60. The summed E-state index contributed by atoms with van der Waals surface area (Å²) in [5, 5.41) is 4.29. The molecule has 1 aliphatic heterocycles. The summed E-state index contributed by atoms with van der Waals surface area (Å²) < 4.78 is 0. The number of benzene rings is 1.